The summed E-state index contributed by atoms with van der Waals surface area (Å²) in [5, 5.41) is 0. The first-order valence-corrected chi connectivity index (χ1v) is 8.90. The van der Waals surface area contributed by atoms with E-state index in [0.717, 1.165) is 11.1 Å². The monoisotopic (exact) mass is 385 g/mol. The molecular formula is C22H27NO5. The van der Waals surface area contributed by atoms with Gasteiger partial charge >= 0.3 is 0 Å². The van der Waals surface area contributed by atoms with Gasteiger partial charge in [-0.1, -0.05) is 24.3 Å². The van der Waals surface area contributed by atoms with Crippen molar-refractivity contribution in [2.24, 2.45) is 0 Å². The Balaban J connectivity index is 1.99. The number of methoxy groups -OCH3 is 3. The van der Waals surface area contributed by atoms with Crippen LogP contribution in [0.25, 0.3) is 6.08 Å². The molecule has 0 aliphatic carbocycles. The van der Waals surface area contributed by atoms with E-state index in [1.807, 2.05) is 49.4 Å². The van der Waals surface area contributed by atoms with Crippen molar-refractivity contribution < 1.29 is 23.7 Å². The molecular weight excluding hydrogens is 358 g/mol. The van der Waals surface area contributed by atoms with Gasteiger partial charge in [-0.05, 0) is 42.3 Å². The third-order valence-corrected chi connectivity index (χ3v) is 4.19. The Labute approximate surface area is 166 Å². The highest BCUT2D eigenvalue weighted by atomic mass is 16.5. The highest BCUT2D eigenvalue weighted by Crippen LogP contribution is 2.29. The smallest absolute Gasteiger partial charge is 0.260 e. The minimum absolute atomic E-state index is 0.0802. The molecule has 0 fully saturated rings. The van der Waals surface area contributed by atoms with Gasteiger partial charge in [0.15, 0.2) is 29.6 Å². The molecule has 0 heterocycles. The van der Waals surface area contributed by atoms with E-state index in [4.69, 9.17) is 18.9 Å². The Morgan fingerprint density at radius 2 is 1.57 bits per heavy atom. The van der Waals surface area contributed by atoms with Gasteiger partial charge in [-0.3, -0.25) is 4.79 Å². The molecule has 6 heteroatoms. The zero-order chi connectivity index (χ0) is 20.5. The topological polar surface area (TPSA) is 57.2 Å². The Morgan fingerprint density at radius 1 is 0.929 bits per heavy atom. The molecule has 0 bridgehead atoms. The Bertz CT molecular complexity index is 832. The van der Waals surface area contributed by atoms with Crippen LogP contribution in [0.5, 0.6) is 23.0 Å². The molecule has 0 saturated heterocycles. The molecule has 0 aliphatic heterocycles. The molecule has 0 radical (unpaired) electrons. The number of hydrogen-bond donors (Lipinski definition) is 0. The molecule has 0 N–H and O–H groups in total. The SMILES string of the molecule is C/C=C/c1ccc(OCC(=O)N(C)Cc2ccc(OC)c(OC)c2)c(OC)c1. The fourth-order valence-electron chi connectivity index (χ4n) is 2.69. The van der Waals surface area contributed by atoms with Gasteiger partial charge in [-0.25, -0.2) is 0 Å². The zero-order valence-corrected chi connectivity index (χ0v) is 17.0. The number of likely N-dealkylation sites (N-methyl/N-ethyl adjacent to an activating group) is 1. The van der Waals surface area contributed by atoms with Gasteiger partial charge in [0.1, 0.15) is 0 Å². The maximum absolute atomic E-state index is 12.5. The Hall–Kier alpha value is -3.15. The van der Waals surface area contributed by atoms with Gasteiger partial charge in [-0.2, -0.15) is 0 Å². The van der Waals surface area contributed by atoms with Crippen LogP contribution < -0.4 is 18.9 Å². The summed E-state index contributed by atoms with van der Waals surface area (Å²) < 4.78 is 21.6. The van der Waals surface area contributed by atoms with Crippen LogP contribution in [0.3, 0.4) is 0 Å². The van der Waals surface area contributed by atoms with E-state index in [1.165, 1.54) is 0 Å². The molecule has 0 saturated carbocycles. The third kappa shape index (κ3) is 5.42. The summed E-state index contributed by atoms with van der Waals surface area (Å²) in [7, 11) is 6.48. The number of amides is 1. The van der Waals surface area contributed by atoms with Crippen LogP contribution in [0.1, 0.15) is 18.1 Å². The number of hydrogen-bond acceptors (Lipinski definition) is 5. The van der Waals surface area contributed by atoms with Crippen LogP contribution in [0, 0.1) is 0 Å². The molecule has 2 aromatic rings. The summed E-state index contributed by atoms with van der Waals surface area (Å²) in [6, 6.07) is 11.2. The van der Waals surface area contributed by atoms with Gasteiger partial charge in [0.2, 0.25) is 0 Å². The molecule has 6 nitrogen and oxygen atoms in total. The van der Waals surface area contributed by atoms with E-state index < -0.39 is 0 Å². The maximum atomic E-state index is 12.5. The largest absolute Gasteiger partial charge is 0.493 e. The lowest BCUT2D eigenvalue weighted by atomic mass is 10.2. The van der Waals surface area contributed by atoms with Crippen molar-refractivity contribution >= 4 is 12.0 Å². The number of carbonyl (C=O) groups excluding carboxylic acids is 1. The van der Waals surface area contributed by atoms with Crippen molar-refractivity contribution in [1.29, 1.82) is 0 Å². The van der Waals surface area contributed by atoms with E-state index in [0.29, 0.717) is 29.5 Å². The fraction of sp³-hybridized carbons (Fsp3) is 0.318. The minimum Gasteiger partial charge on any atom is -0.493 e. The molecule has 0 aromatic heterocycles. The number of rotatable bonds is 9. The Morgan fingerprint density at radius 3 is 2.21 bits per heavy atom. The van der Waals surface area contributed by atoms with Crippen molar-refractivity contribution in [3.05, 3.63) is 53.6 Å². The summed E-state index contributed by atoms with van der Waals surface area (Å²) in [4.78, 5) is 14.1. The lowest BCUT2D eigenvalue weighted by molar-refractivity contribution is -0.132. The van der Waals surface area contributed by atoms with E-state index in [-0.39, 0.29) is 12.5 Å². The summed E-state index contributed by atoms with van der Waals surface area (Å²) in [5.41, 5.74) is 1.94. The van der Waals surface area contributed by atoms with E-state index in [9.17, 15) is 4.79 Å². The van der Waals surface area contributed by atoms with Crippen LogP contribution in [-0.4, -0.2) is 45.8 Å². The number of nitrogens with zero attached hydrogens (tertiary/aromatic N) is 1. The third-order valence-electron chi connectivity index (χ3n) is 4.19. The maximum Gasteiger partial charge on any atom is 0.260 e. The van der Waals surface area contributed by atoms with Crippen LogP contribution >= 0.6 is 0 Å². The molecule has 0 unspecified atom stereocenters. The average Bonchev–Trinajstić information content (AvgIpc) is 2.72. The second kappa shape index (κ2) is 10.3. The Kier molecular flexibility index (Phi) is 7.75. The van der Waals surface area contributed by atoms with Gasteiger partial charge in [0.05, 0.1) is 21.3 Å². The molecule has 2 aromatic carbocycles. The molecule has 0 spiro atoms. The van der Waals surface area contributed by atoms with Gasteiger partial charge in [0, 0.05) is 13.6 Å². The van der Waals surface area contributed by atoms with Gasteiger partial charge in [0.25, 0.3) is 5.91 Å². The summed E-state index contributed by atoms with van der Waals surface area (Å²) >= 11 is 0. The molecule has 2 rings (SSSR count). The number of benzene rings is 2. The second-order valence-electron chi connectivity index (χ2n) is 6.14. The molecule has 0 aliphatic rings. The van der Waals surface area contributed by atoms with Crippen LogP contribution in [0.15, 0.2) is 42.5 Å². The van der Waals surface area contributed by atoms with E-state index in [2.05, 4.69) is 0 Å². The first-order valence-electron chi connectivity index (χ1n) is 8.90. The van der Waals surface area contributed by atoms with Gasteiger partial charge < -0.3 is 23.8 Å². The van der Waals surface area contributed by atoms with Crippen molar-refractivity contribution in [3.8, 4) is 23.0 Å². The number of ether oxygens (including phenoxy) is 4. The second-order valence-corrected chi connectivity index (χ2v) is 6.14. The molecule has 1 amide bonds. The van der Waals surface area contributed by atoms with Gasteiger partial charge in [-0.15, -0.1) is 0 Å². The lowest BCUT2D eigenvalue weighted by Crippen LogP contribution is -2.31. The van der Waals surface area contributed by atoms with Crippen LogP contribution in [0.4, 0.5) is 0 Å². The summed E-state index contributed by atoms with van der Waals surface area (Å²) in [5.74, 6) is 2.25. The first-order chi connectivity index (χ1) is 13.5. The molecule has 0 atom stereocenters. The summed E-state index contributed by atoms with van der Waals surface area (Å²) in [6.07, 6.45) is 3.91. The first kappa shape index (κ1) is 21.2. The number of allylic oxidation sites excluding steroid dienone is 1. The van der Waals surface area contributed by atoms with Crippen LogP contribution in [0.2, 0.25) is 0 Å². The lowest BCUT2D eigenvalue weighted by Gasteiger charge is -2.19. The predicted octanol–water partition coefficient (Wildman–Crippen LogP) is 3.78. The minimum atomic E-state index is -0.144. The van der Waals surface area contributed by atoms with Crippen molar-refractivity contribution in [2.75, 3.05) is 35.0 Å². The van der Waals surface area contributed by atoms with Crippen molar-refractivity contribution in [1.82, 2.24) is 4.90 Å². The van der Waals surface area contributed by atoms with Crippen molar-refractivity contribution in [2.45, 2.75) is 13.5 Å². The highest BCUT2D eigenvalue weighted by molar-refractivity contribution is 5.77. The predicted molar refractivity (Wildman–Crippen MR) is 109 cm³/mol. The van der Waals surface area contributed by atoms with E-state index >= 15 is 0 Å². The zero-order valence-electron chi connectivity index (χ0n) is 17.0. The molecule has 28 heavy (non-hydrogen) atoms. The fourth-order valence-corrected chi connectivity index (χ4v) is 2.69. The quantitative estimate of drug-likeness (QED) is 0.657. The molecule has 150 valence electrons. The van der Waals surface area contributed by atoms with Crippen LogP contribution in [-0.2, 0) is 11.3 Å². The highest BCUT2D eigenvalue weighted by Gasteiger charge is 2.14. The normalized spacial score (nSPS) is 10.6. The standard InChI is InChI=1S/C22H27NO5/c1-6-7-16-8-11-19(21(12-16)27-5)28-15-22(24)23(2)14-17-9-10-18(25-3)20(13-17)26-4/h6-13H,14-15H2,1-5H3/b7-6+. The average molecular weight is 385 g/mol. The van der Waals surface area contributed by atoms with Crippen molar-refractivity contribution in [3.63, 3.8) is 0 Å². The number of carbonyl (C=O) groups is 1. The van der Waals surface area contributed by atoms with E-state index in [1.54, 1.807) is 39.3 Å². The summed E-state index contributed by atoms with van der Waals surface area (Å²) in [6.45, 7) is 2.30.